The highest BCUT2D eigenvalue weighted by Crippen LogP contribution is 2.34. The summed E-state index contributed by atoms with van der Waals surface area (Å²) in [5.74, 6) is -5.70. The Balaban J connectivity index is 1.76. The number of carbonyl (C=O) groups excluding carboxylic acids is 2. The Morgan fingerprint density at radius 3 is 2.20 bits per heavy atom. The second-order valence-corrected chi connectivity index (χ2v) is 7.21. The number of carbonyl (C=O) groups is 2. The molecule has 0 aliphatic carbocycles. The van der Waals surface area contributed by atoms with Gasteiger partial charge in [-0.3, -0.25) is 0 Å². The van der Waals surface area contributed by atoms with Gasteiger partial charge in [-0.05, 0) is 6.92 Å². The molecular weight excluding hydrogens is 416 g/mol. The highest BCUT2D eigenvalue weighted by molar-refractivity contribution is 5.73. The molecule has 4 N–H and O–H groups in total. The molecular formula is C16H22O14-2. The van der Waals surface area contributed by atoms with Gasteiger partial charge in [-0.2, -0.15) is 0 Å². The molecule has 0 spiro atoms. The first-order valence-corrected chi connectivity index (χ1v) is 8.95. The van der Waals surface area contributed by atoms with Gasteiger partial charge in [0.25, 0.3) is 0 Å². The number of methoxy groups -OCH3 is 1. The maximum absolute atomic E-state index is 11.4. The Kier molecular flexibility index (Phi) is 6.64. The number of carboxylic acid groups (broad SMARTS) is 2. The summed E-state index contributed by atoms with van der Waals surface area (Å²) in [5.41, 5.74) is 0. The fraction of sp³-hybridized carbons (Fsp3) is 0.875. The summed E-state index contributed by atoms with van der Waals surface area (Å²) in [4.78, 5) is 22.6. The zero-order valence-corrected chi connectivity index (χ0v) is 15.9. The number of hydrogen-bond acceptors (Lipinski definition) is 14. The summed E-state index contributed by atoms with van der Waals surface area (Å²) in [7, 11) is 1.11. The van der Waals surface area contributed by atoms with E-state index in [4.69, 9.17) is 28.4 Å². The molecule has 11 atom stereocenters. The van der Waals surface area contributed by atoms with Crippen LogP contribution in [0, 0.1) is 0 Å². The molecule has 14 heteroatoms. The van der Waals surface area contributed by atoms with Gasteiger partial charge < -0.3 is 68.6 Å². The maximum Gasteiger partial charge on any atom is 0.207 e. The number of hydrogen-bond donors (Lipinski definition) is 4. The van der Waals surface area contributed by atoms with Crippen molar-refractivity contribution in [2.24, 2.45) is 0 Å². The molecule has 3 heterocycles. The second kappa shape index (κ2) is 8.58. The second-order valence-electron chi connectivity index (χ2n) is 7.21. The number of aliphatic hydroxyl groups excluding tert-OH is 4. The molecule has 0 saturated carbocycles. The number of fused-ring (bicyclic) bond motifs is 1. The minimum Gasteiger partial charge on any atom is -0.547 e. The van der Waals surface area contributed by atoms with Crippen LogP contribution in [0.2, 0.25) is 0 Å². The molecule has 0 aromatic carbocycles. The fourth-order valence-corrected chi connectivity index (χ4v) is 3.47. The van der Waals surface area contributed by atoms with Crippen LogP contribution in [0.1, 0.15) is 6.92 Å². The lowest BCUT2D eigenvalue weighted by Gasteiger charge is -2.51. The predicted octanol–water partition coefficient (Wildman–Crippen LogP) is -6.46. The van der Waals surface area contributed by atoms with Crippen LogP contribution in [-0.2, 0) is 38.0 Å². The summed E-state index contributed by atoms with van der Waals surface area (Å²) in [6.07, 6.45) is -16.5. The van der Waals surface area contributed by atoms with E-state index in [0.29, 0.717) is 0 Å². The van der Waals surface area contributed by atoms with Crippen molar-refractivity contribution in [2.45, 2.75) is 74.1 Å². The van der Waals surface area contributed by atoms with Gasteiger partial charge in [-0.1, -0.05) is 0 Å². The SMILES string of the molecule is CO[C@@H]1OC(C(=O)[O-])[C@@H](O[C@@H]2OC3COC(C)(C(=O)[O-])O[C@H]3[C@@H](O)C2O)[C@@H](O)C1O. The largest absolute Gasteiger partial charge is 0.547 e. The molecule has 3 aliphatic heterocycles. The monoisotopic (exact) mass is 438 g/mol. The zero-order valence-electron chi connectivity index (χ0n) is 15.9. The Morgan fingerprint density at radius 2 is 1.63 bits per heavy atom. The minimum atomic E-state index is -2.19. The summed E-state index contributed by atoms with van der Waals surface area (Å²) >= 11 is 0. The molecule has 0 aromatic rings. The fourth-order valence-electron chi connectivity index (χ4n) is 3.47. The summed E-state index contributed by atoms with van der Waals surface area (Å²) in [5, 5.41) is 63.5. The Labute approximate surface area is 169 Å². The zero-order chi connectivity index (χ0) is 22.4. The molecule has 3 fully saturated rings. The first kappa shape index (κ1) is 23.2. The van der Waals surface area contributed by atoms with Crippen molar-refractivity contribution < 1.29 is 68.6 Å². The molecule has 3 rings (SSSR count). The number of carboxylic acids is 2. The van der Waals surface area contributed by atoms with Crippen LogP contribution >= 0.6 is 0 Å². The number of aliphatic hydroxyl groups is 4. The van der Waals surface area contributed by atoms with E-state index < -0.39 is 85.7 Å². The molecule has 0 bridgehead atoms. The third kappa shape index (κ3) is 4.03. The Bertz CT molecular complexity index is 656. The predicted molar refractivity (Wildman–Crippen MR) is 82.5 cm³/mol. The highest BCUT2D eigenvalue weighted by Gasteiger charge is 2.54. The molecule has 30 heavy (non-hydrogen) atoms. The molecule has 0 aromatic heterocycles. The van der Waals surface area contributed by atoms with E-state index in [0.717, 1.165) is 14.0 Å². The van der Waals surface area contributed by atoms with Crippen LogP contribution in [0.25, 0.3) is 0 Å². The quantitative estimate of drug-likeness (QED) is 0.314. The van der Waals surface area contributed by atoms with Crippen molar-refractivity contribution in [1.29, 1.82) is 0 Å². The average molecular weight is 438 g/mol. The van der Waals surface area contributed by atoms with E-state index in [9.17, 15) is 40.2 Å². The molecule has 172 valence electrons. The van der Waals surface area contributed by atoms with E-state index in [1.54, 1.807) is 0 Å². The van der Waals surface area contributed by atoms with Crippen molar-refractivity contribution >= 4 is 11.9 Å². The van der Waals surface area contributed by atoms with Crippen molar-refractivity contribution in [3.63, 3.8) is 0 Å². The molecule has 0 radical (unpaired) electrons. The van der Waals surface area contributed by atoms with Crippen molar-refractivity contribution in [1.82, 2.24) is 0 Å². The van der Waals surface area contributed by atoms with Gasteiger partial charge in [0, 0.05) is 7.11 Å². The summed E-state index contributed by atoms with van der Waals surface area (Å²) in [6.45, 7) is 0.648. The van der Waals surface area contributed by atoms with E-state index >= 15 is 0 Å². The van der Waals surface area contributed by atoms with Gasteiger partial charge in [0.15, 0.2) is 12.6 Å². The van der Waals surface area contributed by atoms with E-state index in [-0.39, 0.29) is 0 Å². The van der Waals surface area contributed by atoms with Gasteiger partial charge in [0.05, 0.1) is 12.6 Å². The third-order valence-corrected chi connectivity index (χ3v) is 5.20. The lowest BCUT2D eigenvalue weighted by atomic mass is 9.96. The number of rotatable bonds is 5. The van der Waals surface area contributed by atoms with Crippen molar-refractivity contribution in [3.05, 3.63) is 0 Å². The van der Waals surface area contributed by atoms with Gasteiger partial charge >= 0.3 is 0 Å². The van der Waals surface area contributed by atoms with Crippen LogP contribution in [0.4, 0.5) is 0 Å². The Hall–Kier alpha value is -1.46. The highest BCUT2D eigenvalue weighted by atomic mass is 16.8. The van der Waals surface area contributed by atoms with E-state index in [1.807, 2.05) is 0 Å². The normalized spacial score (nSPS) is 49.3. The van der Waals surface area contributed by atoms with Crippen LogP contribution in [-0.4, -0.2) is 113 Å². The molecule has 3 saturated heterocycles. The summed E-state index contributed by atoms with van der Waals surface area (Å²) in [6, 6.07) is 0. The Morgan fingerprint density at radius 1 is 1.00 bits per heavy atom. The first-order valence-electron chi connectivity index (χ1n) is 8.95. The number of aliphatic carboxylic acids is 2. The van der Waals surface area contributed by atoms with Gasteiger partial charge in [-0.25, -0.2) is 0 Å². The van der Waals surface area contributed by atoms with Crippen LogP contribution < -0.4 is 10.2 Å². The molecule has 14 nitrogen and oxygen atoms in total. The first-order chi connectivity index (χ1) is 14.0. The summed E-state index contributed by atoms with van der Waals surface area (Å²) < 4.78 is 30.8. The lowest BCUT2D eigenvalue weighted by molar-refractivity contribution is -0.416. The van der Waals surface area contributed by atoms with E-state index in [2.05, 4.69) is 0 Å². The van der Waals surface area contributed by atoms with Crippen molar-refractivity contribution in [2.75, 3.05) is 13.7 Å². The maximum atomic E-state index is 11.4. The number of ether oxygens (including phenoxy) is 6. The minimum absolute atomic E-state index is 0.402. The smallest absolute Gasteiger partial charge is 0.207 e. The molecule has 0 amide bonds. The standard InChI is InChI=1S/C16H24O14/c1-16(15(23)24)26-3-4-9(30-16)5(17)8(20)14(27-4)28-10-6(18)7(19)13(25-2)29-11(10)12(21)22/h4-11,13-14,17-20H,3H2,1-2H3,(H,21,22)(H,23,24)/p-2/t4?,5-,6-,7?,8?,9+,10-,11?,13+,14-,16?/m0/s1. The average Bonchev–Trinajstić information content (AvgIpc) is 2.69. The lowest BCUT2D eigenvalue weighted by Crippen LogP contribution is -2.69. The van der Waals surface area contributed by atoms with Crippen LogP contribution in [0.3, 0.4) is 0 Å². The third-order valence-electron chi connectivity index (χ3n) is 5.20. The molecule has 3 aliphatic rings. The van der Waals surface area contributed by atoms with Gasteiger partial charge in [0.1, 0.15) is 54.8 Å². The van der Waals surface area contributed by atoms with Crippen LogP contribution in [0.5, 0.6) is 0 Å². The van der Waals surface area contributed by atoms with Gasteiger partial charge in [-0.15, -0.1) is 0 Å². The molecule has 5 unspecified atom stereocenters. The van der Waals surface area contributed by atoms with Crippen molar-refractivity contribution in [3.8, 4) is 0 Å². The van der Waals surface area contributed by atoms with Gasteiger partial charge in [0.2, 0.25) is 5.79 Å². The van der Waals surface area contributed by atoms with E-state index in [1.165, 1.54) is 0 Å². The van der Waals surface area contributed by atoms with Crippen LogP contribution in [0.15, 0.2) is 0 Å². The topological polar surface area (TPSA) is 217 Å².